The molecule has 38 heavy (non-hydrogen) atoms. The van der Waals surface area contributed by atoms with Crippen molar-refractivity contribution in [2.45, 2.75) is 37.5 Å². The number of carboxylic acid groups (broad SMARTS) is 2. The number of ether oxygens (including phenoxy) is 2. The van der Waals surface area contributed by atoms with Crippen LogP contribution in [0.15, 0.2) is 49.1 Å². The molecule has 4 rings (SSSR count). The van der Waals surface area contributed by atoms with Gasteiger partial charge in [-0.05, 0) is 29.7 Å². The van der Waals surface area contributed by atoms with E-state index in [4.69, 9.17) is 29.3 Å². The van der Waals surface area contributed by atoms with Gasteiger partial charge in [0.15, 0.2) is 0 Å². The Morgan fingerprint density at radius 3 is 1.92 bits per heavy atom. The number of nitrogens with zero attached hydrogens (tertiary/aromatic N) is 3. The van der Waals surface area contributed by atoms with E-state index in [0.29, 0.717) is 12.5 Å². The number of carbonyl (C=O) groups is 2. The van der Waals surface area contributed by atoms with Crippen molar-refractivity contribution >= 4 is 11.9 Å². The van der Waals surface area contributed by atoms with Crippen LogP contribution in [0.3, 0.4) is 0 Å². The standard InChI is InChI=1S/C19H23N3O2.2C2HF3O2/c1-3-16(9-20-6-1)11-22-14-19(15-22)18(5-8-24-19)13-23-12-17-4-2-7-21-10-17;2*3-2(4,5)1(6)7/h1-4,6-7,9-10,18H,5,8,11-15H2;2*(H,6,7). The second-order valence-electron chi connectivity index (χ2n) is 8.39. The van der Waals surface area contributed by atoms with Crippen LogP contribution < -0.4 is 0 Å². The number of likely N-dealkylation sites (tertiary alicyclic amines) is 1. The van der Waals surface area contributed by atoms with Crippen LogP contribution in [0.25, 0.3) is 0 Å². The quantitative estimate of drug-likeness (QED) is 0.517. The van der Waals surface area contributed by atoms with E-state index in [1.165, 1.54) is 5.56 Å². The number of rotatable bonds is 6. The molecule has 15 heteroatoms. The minimum atomic E-state index is -5.08. The van der Waals surface area contributed by atoms with Gasteiger partial charge in [0, 0.05) is 56.9 Å². The molecule has 0 aliphatic carbocycles. The number of hydrogen-bond acceptors (Lipinski definition) is 7. The van der Waals surface area contributed by atoms with Crippen LogP contribution in [0.2, 0.25) is 0 Å². The van der Waals surface area contributed by atoms with Gasteiger partial charge < -0.3 is 19.7 Å². The third-order valence-electron chi connectivity index (χ3n) is 5.51. The van der Waals surface area contributed by atoms with Gasteiger partial charge in [-0.1, -0.05) is 12.1 Å². The number of aromatic nitrogens is 2. The molecule has 0 aromatic carbocycles. The highest BCUT2D eigenvalue weighted by molar-refractivity contribution is 5.73. The molecule has 1 atom stereocenters. The van der Waals surface area contributed by atoms with Gasteiger partial charge in [0.1, 0.15) is 0 Å². The summed E-state index contributed by atoms with van der Waals surface area (Å²) in [5, 5.41) is 14.2. The fourth-order valence-corrected chi connectivity index (χ4v) is 3.74. The van der Waals surface area contributed by atoms with Crippen LogP contribution in [0.4, 0.5) is 26.3 Å². The van der Waals surface area contributed by atoms with E-state index in [2.05, 4.69) is 20.9 Å². The fourth-order valence-electron chi connectivity index (χ4n) is 3.74. The highest BCUT2D eigenvalue weighted by Gasteiger charge is 2.52. The molecule has 0 bridgehead atoms. The number of alkyl halides is 6. The molecule has 9 nitrogen and oxygen atoms in total. The lowest BCUT2D eigenvalue weighted by Gasteiger charge is -2.50. The summed E-state index contributed by atoms with van der Waals surface area (Å²) in [6.45, 7) is 5.16. The molecule has 2 aromatic rings. The average molecular weight is 553 g/mol. The van der Waals surface area contributed by atoms with E-state index < -0.39 is 24.3 Å². The number of carboxylic acids is 2. The van der Waals surface area contributed by atoms with E-state index in [1.54, 1.807) is 6.20 Å². The predicted octanol–water partition coefficient (Wildman–Crippen LogP) is 3.55. The van der Waals surface area contributed by atoms with Gasteiger partial charge in [0.25, 0.3) is 0 Å². The summed E-state index contributed by atoms with van der Waals surface area (Å²) in [6, 6.07) is 8.11. The highest BCUT2D eigenvalue weighted by Crippen LogP contribution is 2.40. The zero-order valence-electron chi connectivity index (χ0n) is 19.8. The van der Waals surface area contributed by atoms with Crippen LogP contribution in [0, 0.1) is 5.92 Å². The zero-order chi connectivity index (χ0) is 28.4. The third-order valence-corrected chi connectivity index (χ3v) is 5.51. The SMILES string of the molecule is O=C(O)C(F)(F)F.O=C(O)C(F)(F)F.c1cncc(COCC2CCOC23CN(Cc2cccnc2)C3)c1. The maximum Gasteiger partial charge on any atom is 0.490 e. The Morgan fingerprint density at radius 1 is 0.974 bits per heavy atom. The van der Waals surface area contributed by atoms with Gasteiger partial charge in [0.05, 0.1) is 18.8 Å². The Labute approximate surface area is 213 Å². The van der Waals surface area contributed by atoms with E-state index in [-0.39, 0.29) is 5.60 Å². The lowest BCUT2D eigenvalue weighted by Crippen LogP contribution is -2.64. The second kappa shape index (κ2) is 13.5. The van der Waals surface area contributed by atoms with Crippen molar-refractivity contribution in [2.75, 3.05) is 26.3 Å². The molecule has 2 saturated heterocycles. The molecule has 2 aliphatic rings. The van der Waals surface area contributed by atoms with Crippen molar-refractivity contribution in [3.63, 3.8) is 0 Å². The molecule has 1 spiro atoms. The predicted molar refractivity (Wildman–Crippen MR) is 118 cm³/mol. The van der Waals surface area contributed by atoms with Crippen molar-refractivity contribution in [1.82, 2.24) is 14.9 Å². The molecule has 4 heterocycles. The Bertz CT molecular complexity index is 994. The van der Waals surface area contributed by atoms with Gasteiger partial charge in [0.2, 0.25) is 0 Å². The third kappa shape index (κ3) is 9.87. The van der Waals surface area contributed by atoms with Gasteiger partial charge in [-0.2, -0.15) is 26.3 Å². The van der Waals surface area contributed by atoms with Crippen LogP contribution in [-0.2, 0) is 32.2 Å². The van der Waals surface area contributed by atoms with Crippen molar-refractivity contribution in [3.8, 4) is 0 Å². The maximum absolute atomic E-state index is 10.6. The molecule has 2 N–H and O–H groups in total. The fraction of sp³-hybridized carbons (Fsp3) is 0.478. The van der Waals surface area contributed by atoms with E-state index >= 15 is 0 Å². The number of pyridine rings is 2. The largest absolute Gasteiger partial charge is 0.490 e. The van der Waals surface area contributed by atoms with Crippen LogP contribution in [0.1, 0.15) is 17.5 Å². The van der Waals surface area contributed by atoms with Crippen LogP contribution in [-0.4, -0.2) is 81.3 Å². The summed E-state index contributed by atoms with van der Waals surface area (Å²) in [5.74, 6) is -5.03. The second-order valence-corrected chi connectivity index (χ2v) is 8.39. The van der Waals surface area contributed by atoms with Crippen molar-refractivity contribution < 1.29 is 55.6 Å². The Kier molecular flexibility index (Phi) is 11.0. The van der Waals surface area contributed by atoms with E-state index in [0.717, 1.165) is 44.8 Å². The van der Waals surface area contributed by atoms with Crippen molar-refractivity contribution in [2.24, 2.45) is 5.92 Å². The van der Waals surface area contributed by atoms with E-state index in [9.17, 15) is 26.3 Å². The molecule has 2 aliphatic heterocycles. The Morgan fingerprint density at radius 2 is 1.47 bits per heavy atom. The summed E-state index contributed by atoms with van der Waals surface area (Å²) in [6.07, 6.45) is -1.67. The van der Waals surface area contributed by atoms with Crippen molar-refractivity contribution in [3.05, 3.63) is 60.2 Å². The monoisotopic (exact) mass is 553 g/mol. The lowest BCUT2D eigenvalue weighted by atomic mass is 9.81. The highest BCUT2D eigenvalue weighted by atomic mass is 19.4. The van der Waals surface area contributed by atoms with Crippen LogP contribution >= 0.6 is 0 Å². The molecule has 0 radical (unpaired) electrons. The topological polar surface area (TPSA) is 122 Å². The van der Waals surface area contributed by atoms with Gasteiger partial charge >= 0.3 is 24.3 Å². The minimum Gasteiger partial charge on any atom is -0.475 e. The molecule has 0 saturated carbocycles. The molecule has 1 unspecified atom stereocenters. The summed E-state index contributed by atoms with van der Waals surface area (Å²) in [7, 11) is 0. The van der Waals surface area contributed by atoms with Gasteiger partial charge in [-0.25, -0.2) is 9.59 Å². The number of halogens is 6. The molecular formula is C23H25F6N3O6. The lowest BCUT2D eigenvalue weighted by molar-refractivity contribution is -0.193. The minimum absolute atomic E-state index is 0.00283. The molecule has 2 aromatic heterocycles. The number of hydrogen-bond donors (Lipinski definition) is 2. The van der Waals surface area contributed by atoms with E-state index in [1.807, 2.05) is 36.8 Å². The van der Waals surface area contributed by atoms with Gasteiger partial charge in [-0.3, -0.25) is 14.9 Å². The summed E-state index contributed by atoms with van der Waals surface area (Å²) in [5.41, 5.74) is 2.38. The molecule has 0 amide bonds. The summed E-state index contributed by atoms with van der Waals surface area (Å²) in [4.78, 5) is 28.5. The maximum atomic E-state index is 10.6. The molecular weight excluding hydrogens is 528 g/mol. The van der Waals surface area contributed by atoms with Gasteiger partial charge in [-0.15, -0.1) is 0 Å². The zero-order valence-corrected chi connectivity index (χ0v) is 19.8. The first kappa shape index (κ1) is 30.9. The van der Waals surface area contributed by atoms with Crippen molar-refractivity contribution in [1.29, 1.82) is 0 Å². The Hall–Kier alpha value is -3.30. The molecule has 2 fully saturated rings. The first-order chi connectivity index (χ1) is 17.7. The Balaban J connectivity index is 0.000000301. The summed E-state index contributed by atoms with van der Waals surface area (Å²) < 4.78 is 75.5. The number of aliphatic carboxylic acids is 2. The first-order valence-electron chi connectivity index (χ1n) is 11.0. The normalized spacial score (nSPS) is 18.4. The summed E-state index contributed by atoms with van der Waals surface area (Å²) >= 11 is 0. The smallest absolute Gasteiger partial charge is 0.475 e. The average Bonchev–Trinajstić information content (AvgIpc) is 3.23. The molecule has 210 valence electrons. The first-order valence-corrected chi connectivity index (χ1v) is 11.0. The van der Waals surface area contributed by atoms with Crippen LogP contribution in [0.5, 0.6) is 0 Å².